The number of aromatic amines is 1. The molecule has 4 unspecified atom stereocenters. The highest BCUT2D eigenvalue weighted by molar-refractivity contribution is 6.38. The second kappa shape index (κ2) is 5.83. The predicted octanol–water partition coefficient (Wildman–Crippen LogP) is 0.904. The number of carbonyl (C=O) groups is 3. The number of fused-ring (bicyclic) bond motifs is 7. The molecule has 0 bridgehead atoms. The lowest BCUT2D eigenvalue weighted by molar-refractivity contribution is -0.136. The maximum absolute atomic E-state index is 13.7. The number of H-pyrrole nitrogens is 1. The zero-order chi connectivity index (χ0) is 21.9. The third kappa shape index (κ3) is 2.18. The number of aliphatic hydroxyl groups is 1. The summed E-state index contributed by atoms with van der Waals surface area (Å²) in [7, 11) is 0. The molecule has 0 saturated carbocycles. The average Bonchev–Trinajstić information content (AvgIpc) is 3.44. The summed E-state index contributed by atoms with van der Waals surface area (Å²) in [5.74, 6) is -3.38. The summed E-state index contributed by atoms with van der Waals surface area (Å²) in [6, 6.07) is 2.58. The van der Waals surface area contributed by atoms with Gasteiger partial charge in [-0.25, -0.2) is 10.00 Å². The van der Waals surface area contributed by atoms with Crippen LogP contribution < -0.4 is 10.2 Å². The molecule has 4 aliphatic heterocycles. The highest BCUT2D eigenvalue weighted by Gasteiger charge is 2.76. The Balaban J connectivity index is 1.62. The van der Waals surface area contributed by atoms with E-state index >= 15 is 0 Å². The lowest BCUT2D eigenvalue weighted by Gasteiger charge is -2.37. The number of amides is 3. The SMILES string of the molecule is C[C@]1(O)CC2C3C(=O)N(c4ncn[nH]4)C(=O)C3C3(C(=O)Nc4c(Cl)cc(Cl)cc43)N2C1. The molecule has 3 saturated heterocycles. The minimum atomic E-state index is -1.53. The monoisotopic (exact) mass is 462 g/mol. The number of rotatable bonds is 1. The van der Waals surface area contributed by atoms with Gasteiger partial charge in [0.1, 0.15) is 11.9 Å². The van der Waals surface area contributed by atoms with Crippen LogP contribution in [0.2, 0.25) is 10.0 Å². The number of halogens is 2. The first kappa shape index (κ1) is 19.2. The molecule has 3 N–H and O–H groups in total. The van der Waals surface area contributed by atoms with Gasteiger partial charge in [-0.3, -0.25) is 19.3 Å². The Morgan fingerprint density at radius 3 is 2.71 bits per heavy atom. The molecule has 5 atom stereocenters. The maximum atomic E-state index is 13.7. The van der Waals surface area contributed by atoms with Gasteiger partial charge in [0, 0.05) is 23.2 Å². The zero-order valence-electron chi connectivity index (χ0n) is 16.1. The summed E-state index contributed by atoms with van der Waals surface area (Å²) in [5, 5.41) is 20.5. The molecule has 3 amide bonds. The van der Waals surface area contributed by atoms with E-state index in [9.17, 15) is 19.5 Å². The number of aromatic nitrogens is 3. The summed E-state index contributed by atoms with van der Waals surface area (Å²) in [6.45, 7) is 1.77. The summed E-state index contributed by atoms with van der Waals surface area (Å²) in [6.07, 6.45) is 1.43. The number of hydrogen-bond acceptors (Lipinski definition) is 7. The number of nitrogens with zero attached hydrogens (tertiary/aromatic N) is 4. The third-order valence-corrected chi connectivity index (χ3v) is 7.41. The van der Waals surface area contributed by atoms with Crippen LogP contribution in [0.25, 0.3) is 0 Å². The fourth-order valence-electron chi connectivity index (χ4n) is 5.96. The van der Waals surface area contributed by atoms with Crippen molar-refractivity contribution in [3.8, 4) is 0 Å². The maximum Gasteiger partial charge on any atom is 0.250 e. The molecule has 6 rings (SSSR count). The van der Waals surface area contributed by atoms with E-state index in [4.69, 9.17) is 23.2 Å². The van der Waals surface area contributed by atoms with E-state index in [0.29, 0.717) is 16.3 Å². The first-order valence-electron chi connectivity index (χ1n) is 9.70. The van der Waals surface area contributed by atoms with Gasteiger partial charge in [0.05, 0.1) is 28.1 Å². The summed E-state index contributed by atoms with van der Waals surface area (Å²) < 4.78 is 0. The molecular formula is C19H16Cl2N6O4. The smallest absolute Gasteiger partial charge is 0.250 e. The van der Waals surface area contributed by atoms with Crippen molar-refractivity contribution in [2.75, 3.05) is 16.8 Å². The topological polar surface area (TPSA) is 132 Å². The van der Waals surface area contributed by atoms with Crippen LogP contribution in [0.4, 0.5) is 11.6 Å². The van der Waals surface area contributed by atoms with E-state index in [1.165, 1.54) is 12.4 Å². The average molecular weight is 463 g/mol. The summed E-state index contributed by atoms with van der Waals surface area (Å²) >= 11 is 12.6. The molecule has 3 fully saturated rings. The number of anilines is 2. The van der Waals surface area contributed by atoms with Crippen LogP contribution in [-0.4, -0.2) is 61.1 Å². The van der Waals surface area contributed by atoms with Crippen molar-refractivity contribution in [2.24, 2.45) is 11.8 Å². The molecule has 1 spiro atoms. The van der Waals surface area contributed by atoms with E-state index in [0.717, 1.165) is 4.90 Å². The van der Waals surface area contributed by atoms with Gasteiger partial charge in [-0.15, -0.1) is 0 Å². The van der Waals surface area contributed by atoms with Gasteiger partial charge in [-0.05, 0) is 25.5 Å². The normalized spacial score (nSPS) is 36.3. The molecular weight excluding hydrogens is 447 g/mol. The lowest BCUT2D eigenvalue weighted by Crippen LogP contribution is -2.55. The molecule has 1 aromatic carbocycles. The van der Waals surface area contributed by atoms with Gasteiger partial charge in [-0.2, -0.15) is 10.1 Å². The van der Waals surface area contributed by atoms with Crippen LogP contribution >= 0.6 is 23.2 Å². The standard InChI is InChI=1S/C19H16Cl2N6O4/c1-18(31)4-10-11-12(15(29)27(14(11)28)17-22-6-23-25-17)19(26(10)5-18)8-2-7(20)3-9(21)13(8)24-16(19)30/h2-3,6,10-12,31H,4-5H2,1H3,(H,24,30)(H,22,23,25)/t10?,11?,12?,18-,19?/m0/s1. The fraction of sp³-hybridized carbons (Fsp3) is 0.421. The van der Waals surface area contributed by atoms with Crippen LogP contribution in [0.3, 0.4) is 0 Å². The Morgan fingerprint density at radius 2 is 2.00 bits per heavy atom. The van der Waals surface area contributed by atoms with E-state index in [-0.39, 0.29) is 23.9 Å². The molecule has 1 aromatic heterocycles. The minimum absolute atomic E-state index is 0.00128. The highest BCUT2D eigenvalue weighted by atomic mass is 35.5. The Morgan fingerprint density at radius 1 is 1.23 bits per heavy atom. The van der Waals surface area contributed by atoms with Crippen molar-refractivity contribution in [3.05, 3.63) is 34.1 Å². The van der Waals surface area contributed by atoms with Gasteiger partial charge in [0.25, 0.3) is 5.91 Å². The Bertz CT molecular complexity index is 1180. The predicted molar refractivity (Wildman–Crippen MR) is 108 cm³/mol. The molecule has 4 aliphatic rings. The number of imide groups is 1. The van der Waals surface area contributed by atoms with Crippen LogP contribution in [0, 0.1) is 11.8 Å². The molecule has 2 aromatic rings. The first-order valence-corrected chi connectivity index (χ1v) is 10.5. The quantitative estimate of drug-likeness (QED) is 0.536. The third-order valence-electron chi connectivity index (χ3n) is 6.89. The van der Waals surface area contributed by atoms with Crippen molar-refractivity contribution in [1.82, 2.24) is 20.1 Å². The molecule has 12 heteroatoms. The second-order valence-corrected chi connectivity index (χ2v) is 9.60. The number of carbonyl (C=O) groups excluding carboxylic acids is 3. The van der Waals surface area contributed by atoms with Crippen molar-refractivity contribution < 1.29 is 19.5 Å². The largest absolute Gasteiger partial charge is 0.389 e. The lowest BCUT2D eigenvalue weighted by atomic mass is 9.74. The van der Waals surface area contributed by atoms with Crippen LogP contribution in [0.5, 0.6) is 0 Å². The molecule has 31 heavy (non-hydrogen) atoms. The molecule has 0 radical (unpaired) electrons. The van der Waals surface area contributed by atoms with Crippen LogP contribution in [0.15, 0.2) is 18.5 Å². The van der Waals surface area contributed by atoms with Crippen molar-refractivity contribution in [2.45, 2.75) is 30.5 Å². The van der Waals surface area contributed by atoms with Crippen LogP contribution in [-0.2, 0) is 19.9 Å². The van der Waals surface area contributed by atoms with Gasteiger partial charge >= 0.3 is 0 Å². The van der Waals surface area contributed by atoms with Crippen LogP contribution in [0.1, 0.15) is 18.9 Å². The second-order valence-electron chi connectivity index (χ2n) is 8.75. The van der Waals surface area contributed by atoms with Crippen molar-refractivity contribution in [1.29, 1.82) is 0 Å². The van der Waals surface area contributed by atoms with Gasteiger partial charge in [0.15, 0.2) is 0 Å². The number of nitrogens with one attached hydrogen (secondary N) is 2. The first-order chi connectivity index (χ1) is 14.7. The number of hydrogen-bond donors (Lipinski definition) is 3. The highest BCUT2D eigenvalue weighted by Crippen LogP contribution is 2.62. The Labute approximate surface area is 185 Å². The van der Waals surface area contributed by atoms with E-state index in [2.05, 4.69) is 20.5 Å². The van der Waals surface area contributed by atoms with E-state index in [1.807, 2.05) is 0 Å². The molecule has 160 valence electrons. The van der Waals surface area contributed by atoms with Crippen molar-refractivity contribution in [3.63, 3.8) is 0 Å². The Kier molecular flexibility index (Phi) is 3.61. The summed E-state index contributed by atoms with van der Waals surface area (Å²) in [4.78, 5) is 47.4. The molecule has 0 aliphatic carbocycles. The molecule has 5 heterocycles. The minimum Gasteiger partial charge on any atom is -0.389 e. The van der Waals surface area contributed by atoms with E-state index < -0.39 is 46.7 Å². The van der Waals surface area contributed by atoms with Gasteiger partial charge in [0.2, 0.25) is 17.8 Å². The van der Waals surface area contributed by atoms with Crippen molar-refractivity contribution >= 4 is 52.6 Å². The zero-order valence-corrected chi connectivity index (χ0v) is 17.6. The summed E-state index contributed by atoms with van der Waals surface area (Å²) in [5.41, 5.74) is -1.87. The Hall–Kier alpha value is -2.53. The van der Waals surface area contributed by atoms with Gasteiger partial charge < -0.3 is 10.4 Å². The molecule has 10 nitrogen and oxygen atoms in total. The number of benzene rings is 1. The fourth-order valence-corrected chi connectivity index (χ4v) is 6.50. The van der Waals surface area contributed by atoms with Gasteiger partial charge in [-0.1, -0.05) is 23.2 Å². The van der Waals surface area contributed by atoms with E-state index in [1.54, 1.807) is 17.9 Å².